The molecule has 0 aliphatic rings. The zero-order valence-corrected chi connectivity index (χ0v) is 13.5. The van der Waals surface area contributed by atoms with Crippen molar-refractivity contribution in [2.45, 2.75) is 6.92 Å². The summed E-state index contributed by atoms with van der Waals surface area (Å²) in [6.45, 7) is 1.90. The second-order valence-electron chi connectivity index (χ2n) is 5.30. The fourth-order valence-corrected chi connectivity index (χ4v) is 3.40. The summed E-state index contributed by atoms with van der Waals surface area (Å²) < 4.78 is 1.50. The molecule has 4 aromatic rings. The van der Waals surface area contributed by atoms with Crippen molar-refractivity contribution in [2.24, 2.45) is 0 Å². The number of hydrogen-bond donors (Lipinski definition) is 1. The van der Waals surface area contributed by atoms with Gasteiger partial charge in [0.2, 0.25) is 0 Å². The maximum atomic E-state index is 12.6. The molecule has 0 saturated carbocycles. The standard InChI is InChI=1S/C17H12N4O2S/c1-10-5-4-8-21-14(10)20-16-11(17(21)23)9-12(24-16)15(22)19-13-6-2-3-7-18-13/h2-9H,1H3,(H,18,19,22). The largest absolute Gasteiger partial charge is 0.306 e. The Labute approximate surface area is 140 Å². The molecular formula is C17H12N4O2S. The molecule has 6 nitrogen and oxygen atoms in total. The van der Waals surface area contributed by atoms with Crippen LogP contribution in [0.4, 0.5) is 5.82 Å². The van der Waals surface area contributed by atoms with Crippen LogP contribution in [-0.4, -0.2) is 20.3 Å². The molecular weight excluding hydrogens is 324 g/mol. The molecule has 1 amide bonds. The second-order valence-corrected chi connectivity index (χ2v) is 6.33. The van der Waals surface area contributed by atoms with Crippen LogP contribution in [0, 0.1) is 6.92 Å². The highest BCUT2D eigenvalue weighted by molar-refractivity contribution is 7.20. The smallest absolute Gasteiger partial charge is 0.266 e. The van der Waals surface area contributed by atoms with Crippen LogP contribution in [0.1, 0.15) is 15.2 Å². The zero-order chi connectivity index (χ0) is 16.7. The fraction of sp³-hybridized carbons (Fsp3) is 0.0588. The summed E-state index contributed by atoms with van der Waals surface area (Å²) in [7, 11) is 0. The van der Waals surface area contributed by atoms with E-state index < -0.39 is 0 Å². The first-order valence-corrected chi connectivity index (χ1v) is 8.09. The monoisotopic (exact) mass is 336 g/mol. The van der Waals surface area contributed by atoms with Crippen LogP contribution in [0.5, 0.6) is 0 Å². The zero-order valence-electron chi connectivity index (χ0n) is 12.7. The van der Waals surface area contributed by atoms with E-state index in [0.717, 1.165) is 5.56 Å². The number of thiophene rings is 1. The van der Waals surface area contributed by atoms with Crippen molar-refractivity contribution in [3.05, 3.63) is 69.6 Å². The number of carbonyl (C=O) groups excluding carboxylic acids is 1. The van der Waals surface area contributed by atoms with Crippen LogP contribution in [0.25, 0.3) is 15.9 Å². The molecule has 0 aromatic carbocycles. The molecule has 4 rings (SSSR count). The van der Waals surface area contributed by atoms with Crippen LogP contribution in [0.2, 0.25) is 0 Å². The summed E-state index contributed by atoms with van der Waals surface area (Å²) in [5, 5.41) is 3.15. The average Bonchev–Trinajstić information content (AvgIpc) is 3.02. The van der Waals surface area contributed by atoms with E-state index in [1.54, 1.807) is 42.7 Å². The summed E-state index contributed by atoms with van der Waals surface area (Å²) in [6.07, 6.45) is 3.28. The van der Waals surface area contributed by atoms with Crippen molar-refractivity contribution in [3.8, 4) is 0 Å². The molecule has 24 heavy (non-hydrogen) atoms. The van der Waals surface area contributed by atoms with Gasteiger partial charge in [0.1, 0.15) is 16.3 Å². The maximum Gasteiger partial charge on any atom is 0.266 e. The van der Waals surface area contributed by atoms with E-state index in [1.165, 1.54) is 15.7 Å². The molecule has 7 heteroatoms. The van der Waals surface area contributed by atoms with E-state index in [1.807, 2.05) is 13.0 Å². The molecule has 118 valence electrons. The second kappa shape index (κ2) is 5.54. The number of hydrogen-bond acceptors (Lipinski definition) is 5. The SMILES string of the molecule is Cc1cccn2c(=O)c3cc(C(=O)Nc4ccccn4)sc3nc12. The minimum absolute atomic E-state index is 0.174. The Hall–Kier alpha value is -3.06. The summed E-state index contributed by atoms with van der Waals surface area (Å²) in [5.41, 5.74) is 1.34. The Kier molecular flexibility index (Phi) is 3.35. The Morgan fingerprint density at radius 1 is 1.25 bits per heavy atom. The third-order valence-corrected chi connectivity index (χ3v) is 4.69. The number of fused-ring (bicyclic) bond motifs is 2. The molecule has 0 saturated heterocycles. The topological polar surface area (TPSA) is 76.4 Å². The van der Waals surface area contributed by atoms with Gasteiger partial charge in [-0.3, -0.25) is 14.0 Å². The van der Waals surface area contributed by atoms with Crippen LogP contribution in [-0.2, 0) is 0 Å². The van der Waals surface area contributed by atoms with Gasteiger partial charge in [-0.2, -0.15) is 0 Å². The van der Waals surface area contributed by atoms with Gasteiger partial charge < -0.3 is 5.32 Å². The van der Waals surface area contributed by atoms with E-state index in [2.05, 4.69) is 15.3 Å². The highest BCUT2D eigenvalue weighted by atomic mass is 32.1. The van der Waals surface area contributed by atoms with E-state index in [0.29, 0.717) is 26.6 Å². The van der Waals surface area contributed by atoms with Crippen molar-refractivity contribution in [2.75, 3.05) is 5.32 Å². The van der Waals surface area contributed by atoms with Crippen molar-refractivity contribution < 1.29 is 4.79 Å². The van der Waals surface area contributed by atoms with Crippen molar-refractivity contribution in [1.82, 2.24) is 14.4 Å². The Bertz CT molecular complexity index is 1130. The number of anilines is 1. The first-order valence-electron chi connectivity index (χ1n) is 7.27. The predicted octanol–water partition coefficient (Wildman–Crippen LogP) is 2.86. The van der Waals surface area contributed by atoms with Gasteiger partial charge in [-0.15, -0.1) is 11.3 Å². The molecule has 1 N–H and O–H groups in total. The number of carbonyl (C=O) groups is 1. The lowest BCUT2D eigenvalue weighted by molar-refractivity contribution is 0.103. The molecule has 0 spiro atoms. The Morgan fingerprint density at radius 2 is 2.12 bits per heavy atom. The fourth-order valence-electron chi connectivity index (χ4n) is 2.48. The van der Waals surface area contributed by atoms with Crippen molar-refractivity contribution >= 4 is 38.9 Å². The number of amides is 1. The maximum absolute atomic E-state index is 12.6. The van der Waals surface area contributed by atoms with Crippen LogP contribution in [0.3, 0.4) is 0 Å². The van der Waals surface area contributed by atoms with Gasteiger partial charge in [-0.25, -0.2) is 9.97 Å². The minimum atomic E-state index is -0.304. The molecule has 0 radical (unpaired) electrons. The molecule has 0 unspecified atom stereocenters. The first-order chi connectivity index (χ1) is 11.6. The van der Waals surface area contributed by atoms with Gasteiger partial charge in [-0.1, -0.05) is 12.1 Å². The summed E-state index contributed by atoms with van der Waals surface area (Å²) >= 11 is 1.20. The van der Waals surface area contributed by atoms with Crippen LogP contribution in [0.15, 0.2) is 53.6 Å². The van der Waals surface area contributed by atoms with Gasteiger partial charge >= 0.3 is 0 Å². The van der Waals surface area contributed by atoms with E-state index in [4.69, 9.17) is 0 Å². The molecule has 0 fully saturated rings. The molecule has 0 bridgehead atoms. The molecule has 0 aliphatic carbocycles. The number of nitrogens with one attached hydrogen (secondary N) is 1. The molecule has 4 aromatic heterocycles. The first kappa shape index (κ1) is 14.5. The number of rotatable bonds is 2. The molecule has 0 aliphatic heterocycles. The van der Waals surface area contributed by atoms with Gasteiger partial charge in [0.15, 0.2) is 0 Å². The van der Waals surface area contributed by atoms with E-state index >= 15 is 0 Å². The number of pyridine rings is 2. The summed E-state index contributed by atoms with van der Waals surface area (Å²) in [5.74, 6) is 0.160. The Balaban J connectivity index is 1.82. The quantitative estimate of drug-likeness (QED) is 0.611. The van der Waals surface area contributed by atoms with Gasteiger partial charge in [0.05, 0.1) is 10.3 Å². The van der Waals surface area contributed by atoms with Crippen LogP contribution < -0.4 is 10.9 Å². The lowest BCUT2D eigenvalue weighted by Gasteiger charge is -2.02. The van der Waals surface area contributed by atoms with Crippen molar-refractivity contribution in [1.29, 1.82) is 0 Å². The normalized spacial score (nSPS) is 11.0. The molecule has 0 atom stereocenters. The third kappa shape index (κ3) is 2.35. The lowest BCUT2D eigenvalue weighted by atomic mass is 10.3. The molecule has 4 heterocycles. The number of aryl methyl sites for hydroxylation is 1. The third-order valence-electron chi connectivity index (χ3n) is 3.66. The van der Waals surface area contributed by atoms with Gasteiger partial charge in [0, 0.05) is 12.4 Å². The van der Waals surface area contributed by atoms with Crippen molar-refractivity contribution in [3.63, 3.8) is 0 Å². The van der Waals surface area contributed by atoms with E-state index in [9.17, 15) is 9.59 Å². The van der Waals surface area contributed by atoms with Crippen LogP contribution >= 0.6 is 11.3 Å². The highest BCUT2D eigenvalue weighted by Crippen LogP contribution is 2.23. The lowest BCUT2D eigenvalue weighted by Crippen LogP contribution is -2.14. The van der Waals surface area contributed by atoms with Gasteiger partial charge in [-0.05, 0) is 36.8 Å². The number of aromatic nitrogens is 3. The van der Waals surface area contributed by atoms with E-state index in [-0.39, 0.29) is 11.5 Å². The summed E-state index contributed by atoms with van der Waals surface area (Å²) in [6, 6.07) is 10.6. The average molecular weight is 336 g/mol. The predicted molar refractivity (Wildman–Crippen MR) is 93.8 cm³/mol. The highest BCUT2D eigenvalue weighted by Gasteiger charge is 2.15. The number of nitrogens with zero attached hydrogens (tertiary/aromatic N) is 3. The summed E-state index contributed by atoms with van der Waals surface area (Å²) in [4.78, 5) is 34.6. The minimum Gasteiger partial charge on any atom is -0.306 e. The van der Waals surface area contributed by atoms with Gasteiger partial charge in [0.25, 0.3) is 11.5 Å². The Morgan fingerprint density at radius 3 is 2.92 bits per heavy atom.